The van der Waals surface area contributed by atoms with E-state index in [1.54, 1.807) is 29.2 Å². The molecule has 0 saturated carbocycles. The zero-order chi connectivity index (χ0) is 21.7. The number of hydrogen-bond acceptors (Lipinski definition) is 4. The number of halogens is 4. The van der Waals surface area contributed by atoms with Gasteiger partial charge in [0.1, 0.15) is 5.70 Å². The predicted octanol–water partition coefficient (Wildman–Crippen LogP) is 5.72. The SMILES string of the molecule is CS/C(NCc1ccc(Cl)cc1)=C(\C(=O)c1ccc(C(F)(F)F)cc1)n1ccnc1. The summed E-state index contributed by atoms with van der Waals surface area (Å²) in [6.45, 7) is 0.436. The summed E-state index contributed by atoms with van der Waals surface area (Å²) in [5, 5.41) is 4.41. The molecule has 0 spiro atoms. The van der Waals surface area contributed by atoms with Crippen molar-refractivity contribution in [3.63, 3.8) is 0 Å². The molecule has 1 aromatic heterocycles. The van der Waals surface area contributed by atoms with E-state index in [1.165, 1.54) is 36.4 Å². The zero-order valence-corrected chi connectivity index (χ0v) is 17.4. The lowest BCUT2D eigenvalue weighted by molar-refractivity contribution is -0.137. The van der Waals surface area contributed by atoms with Gasteiger partial charge in [0.15, 0.2) is 0 Å². The van der Waals surface area contributed by atoms with E-state index in [2.05, 4.69) is 10.3 Å². The van der Waals surface area contributed by atoms with Crippen LogP contribution in [0.15, 0.2) is 72.3 Å². The van der Waals surface area contributed by atoms with Crippen LogP contribution >= 0.6 is 23.4 Å². The molecule has 0 aliphatic heterocycles. The van der Waals surface area contributed by atoms with Gasteiger partial charge in [0.25, 0.3) is 0 Å². The third-order valence-corrected chi connectivity index (χ3v) is 5.24. The number of nitrogens with zero attached hydrogens (tertiary/aromatic N) is 2. The topological polar surface area (TPSA) is 46.9 Å². The van der Waals surface area contributed by atoms with Crippen LogP contribution in [0.5, 0.6) is 0 Å². The molecule has 0 fully saturated rings. The zero-order valence-electron chi connectivity index (χ0n) is 15.8. The van der Waals surface area contributed by atoms with Gasteiger partial charge in [-0.2, -0.15) is 13.2 Å². The molecule has 4 nitrogen and oxygen atoms in total. The highest BCUT2D eigenvalue weighted by Crippen LogP contribution is 2.30. The number of alkyl halides is 3. The lowest BCUT2D eigenvalue weighted by atomic mass is 10.1. The molecule has 0 aliphatic rings. The maximum absolute atomic E-state index is 13.2. The number of hydrogen-bond donors (Lipinski definition) is 1. The lowest BCUT2D eigenvalue weighted by Crippen LogP contribution is -2.19. The number of rotatable bonds is 7. The summed E-state index contributed by atoms with van der Waals surface area (Å²) in [5.41, 5.74) is 0.566. The van der Waals surface area contributed by atoms with E-state index in [0.717, 1.165) is 17.7 Å². The average molecular weight is 452 g/mol. The minimum absolute atomic E-state index is 0.145. The Labute approximate surface area is 180 Å². The minimum Gasteiger partial charge on any atom is -0.374 e. The van der Waals surface area contributed by atoms with E-state index < -0.39 is 17.5 Å². The molecule has 0 saturated heterocycles. The molecule has 0 amide bonds. The van der Waals surface area contributed by atoms with Crippen LogP contribution < -0.4 is 5.32 Å². The van der Waals surface area contributed by atoms with Crippen LogP contribution in [0.4, 0.5) is 13.2 Å². The third-order valence-electron chi connectivity index (χ3n) is 4.24. The fraction of sp³-hybridized carbons (Fsp3) is 0.143. The first kappa shape index (κ1) is 22.0. The highest BCUT2D eigenvalue weighted by atomic mass is 35.5. The van der Waals surface area contributed by atoms with Gasteiger partial charge in [0.2, 0.25) is 5.78 Å². The van der Waals surface area contributed by atoms with Gasteiger partial charge in [0.05, 0.1) is 16.9 Å². The number of carbonyl (C=O) groups excluding carboxylic acids is 1. The molecule has 2 aromatic carbocycles. The number of aromatic nitrogens is 2. The molecule has 0 bridgehead atoms. The summed E-state index contributed by atoms with van der Waals surface area (Å²) in [7, 11) is 0. The molecule has 0 unspecified atom stereocenters. The van der Waals surface area contributed by atoms with E-state index in [-0.39, 0.29) is 11.3 Å². The number of imidazole rings is 1. The van der Waals surface area contributed by atoms with Crippen molar-refractivity contribution in [2.24, 2.45) is 0 Å². The number of allylic oxidation sites excluding steroid dienone is 1. The standard InChI is InChI=1S/C21H17ClF3N3OS/c1-30-20(27-12-14-2-8-17(22)9-3-14)18(28-11-10-26-13-28)19(29)15-4-6-16(7-5-15)21(23,24)25/h2-11,13,27H,12H2,1H3/b20-18+. The van der Waals surface area contributed by atoms with Gasteiger partial charge in [-0.05, 0) is 36.1 Å². The Kier molecular flexibility index (Phi) is 6.89. The Balaban J connectivity index is 1.94. The van der Waals surface area contributed by atoms with Crippen LogP contribution in [-0.2, 0) is 12.7 Å². The van der Waals surface area contributed by atoms with Crippen LogP contribution in [0.25, 0.3) is 5.70 Å². The Hall–Kier alpha value is -2.71. The number of ketones is 1. The fourth-order valence-corrected chi connectivity index (χ4v) is 3.45. The summed E-state index contributed by atoms with van der Waals surface area (Å²) in [4.78, 5) is 17.2. The summed E-state index contributed by atoms with van der Waals surface area (Å²) >= 11 is 7.23. The van der Waals surface area contributed by atoms with Gasteiger partial charge in [-0.1, -0.05) is 35.9 Å². The van der Waals surface area contributed by atoms with Gasteiger partial charge in [-0.15, -0.1) is 11.8 Å². The van der Waals surface area contributed by atoms with Crippen molar-refractivity contribution in [3.05, 3.63) is 94.0 Å². The molecular weight excluding hydrogens is 435 g/mol. The van der Waals surface area contributed by atoms with Crippen molar-refractivity contribution in [1.82, 2.24) is 14.9 Å². The van der Waals surface area contributed by atoms with Crippen LogP contribution in [0.3, 0.4) is 0 Å². The summed E-state index contributed by atoms with van der Waals surface area (Å²) in [6, 6.07) is 11.4. The molecule has 9 heteroatoms. The maximum atomic E-state index is 13.2. The summed E-state index contributed by atoms with van der Waals surface area (Å²) in [5.74, 6) is -0.422. The highest BCUT2D eigenvalue weighted by molar-refractivity contribution is 8.02. The third kappa shape index (κ3) is 5.25. The number of thioether (sulfide) groups is 1. The number of Topliss-reactive ketones (excluding diaryl/α,β-unsaturated/α-hetero) is 1. The van der Waals surface area contributed by atoms with Crippen molar-refractivity contribution in [2.45, 2.75) is 12.7 Å². The van der Waals surface area contributed by atoms with E-state index in [9.17, 15) is 18.0 Å². The van der Waals surface area contributed by atoms with E-state index in [0.29, 0.717) is 16.6 Å². The molecule has 3 rings (SSSR count). The largest absolute Gasteiger partial charge is 0.416 e. The predicted molar refractivity (Wildman–Crippen MR) is 113 cm³/mol. The van der Waals surface area contributed by atoms with Crippen molar-refractivity contribution in [2.75, 3.05) is 6.26 Å². The fourth-order valence-electron chi connectivity index (χ4n) is 2.71. The number of benzene rings is 2. The molecule has 156 valence electrons. The minimum atomic E-state index is -4.46. The summed E-state index contributed by atoms with van der Waals surface area (Å²) < 4.78 is 40.1. The van der Waals surface area contributed by atoms with E-state index in [1.807, 2.05) is 12.1 Å². The first-order valence-corrected chi connectivity index (χ1v) is 10.4. The van der Waals surface area contributed by atoms with E-state index >= 15 is 0 Å². The van der Waals surface area contributed by atoms with Crippen LogP contribution in [-0.4, -0.2) is 21.6 Å². The maximum Gasteiger partial charge on any atom is 0.416 e. The molecule has 1 heterocycles. The Morgan fingerprint density at radius 2 is 1.80 bits per heavy atom. The van der Waals surface area contributed by atoms with Crippen LogP contribution in [0, 0.1) is 0 Å². The van der Waals surface area contributed by atoms with E-state index in [4.69, 9.17) is 11.6 Å². The second kappa shape index (κ2) is 9.40. The van der Waals surface area contributed by atoms with Crippen LogP contribution in [0.2, 0.25) is 5.02 Å². The van der Waals surface area contributed by atoms with Crippen LogP contribution in [0.1, 0.15) is 21.5 Å². The second-order valence-corrected chi connectivity index (χ2v) is 7.49. The van der Waals surface area contributed by atoms with Crippen molar-refractivity contribution >= 4 is 34.8 Å². The van der Waals surface area contributed by atoms with Gasteiger partial charge >= 0.3 is 6.18 Å². The first-order chi connectivity index (χ1) is 14.3. The Morgan fingerprint density at radius 3 is 2.33 bits per heavy atom. The molecule has 30 heavy (non-hydrogen) atoms. The molecule has 3 aromatic rings. The molecule has 0 aliphatic carbocycles. The quantitative estimate of drug-likeness (QED) is 0.369. The normalized spacial score (nSPS) is 12.4. The lowest BCUT2D eigenvalue weighted by Gasteiger charge is -2.16. The van der Waals surface area contributed by atoms with Crippen molar-refractivity contribution < 1.29 is 18.0 Å². The Bertz CT molecular complexity index is 1030. The molecule has 0 radical (unpaired) electrons. The monoisotopic (exact) mass is 451 g/mol. The van der Waals surface area contributed by atoms with Gasteiger partial charge in [0, 0.05) is 29.5 Å². The van der Waals surface area contributed by atoms with Gasteiger partial charge in [-0.25, -0.2) is 4.98 Å². The van der Waals surface area contributed by atoms with Crippen molar-refractivity contribution in [3.8, 4) is 0 Å². The summed E-state index contributed by atoms with van der Waals surface area (Å²) in [6.07, 6.45) is 1.95. The number of nitrogens with one attached hydrogen (secondary N) is 1. The molecular formula is C21H17ClF3N3OS. The van der Waals surface area contributed by atoms with Gasteiger partial charge in [-0.3, -0.25) is 4.79 Å². The number of carbonyl (C=O) groups is 1. The molecule has 0 atom stereocenters. The van der Waals surface area contributed by atoms with Gasteiger partial charge < -0.3 is 9.88 Å². The highest BCUT2D eigenvalue weighted by Gasteiger charge is 2.30. The first-order valence-electron chi connectivity index (χ1n) is 8.76. The second-order valence-electron chi connectivity index (χ2n) is 6.24. The Morgan fingerprint density at radius 1 is 1.13 bits per heavy atom. The molecule has 1 N–H and O–H groups in total. The van der Waals surface area contributed by atoms with Crippen molar-refractivity contribution in [1.29, 1.82) is 0 Å². The smallest absolute Gasteiger partial charge is 0.374 e. The average Bonchev–Trinajstić information content (AvgIpc) is 3.25.